The molecule has 1 aromatic heterocycles. The van der Waals surface area contributed by atoms with Gasteiger partial charge < -0.3 is 5.32 Å². The van der Waals surface area contributed by atoms with Crippen molar-refractivity contribution >= 4 is 21.4 Å². The maximum atomic E-state index is 12.5. The van der Waals surface area contributed by atoms with Crippen LogP contribution < -0.4 is 10.1 Å². The molecule has 21 heavy (non-hydrogen) atoms. The lowest BCUT2D eigenvalue weighted by Gasteiger charge is -2.26. The number of rotatable bonds is 6. The fraction of sp³-hybridized carbons (Fsp3) is 0.714. The maximum Gasteiger partial charge on any atom is 0.262 e. The summed E-state index contributed by atoms with van der Waals surface area (Å²) >= 11 is 1.39. The number of thiophene rings is 1. The number of aryl methyl sites for hydroxylation is 1. The highest BCUT2D eigenvalue weighted by atomic mass is 32.2. The van der Waals surface area contributed by atoms with Crippen LogP contribution in [0.5, 0.6) is 0 Å². The number of nitrogens with zero attached hydrogens (tertiary/aromatic N) is 1. The molecule has 5 nitrogen and oxygen atoms in total. The van der Waals surface area contributed by atoms with E-state index in [1.807, 2.05) is 11.9 Å². The molecule has 0 bridgehead atoms. The topological polar surface area (TPSA) is 61.4 Å². The monoisotopic (exact) mass is 329 g/mol. The van der Waals surface area contributed by atoms with Crippen LogP contribution in [-0.2, 0) is 16.6 Å². The second-order valence-electron chi connectivity index (χ2n) is 5.97. The molecule has 0 spiro atoms. The third-order valence-corrected chi connectivity index (χ3v) is 7.08. The van der Waals surface area contributed by atoms with E-state index in [9.17, 15) is 8.42 Å². The Labute approximate surface area is 130 Å². The number of piperidine rings is 1. The second-order valence-corrected chi connectivity index (χ2v) is 8.99. The molecule has 118 valence electrons. The van der Waals surface area contributed by atoms with E-state index in [0.717, 1.165) is 42.9 Å². The van der Waals surface area contributed by atoms with Crippen LogP contribution in [0, 0.1) is 6.92 Å². The molecule has 2 N–H and O–H groups in total. The Morgan fingerprint density at radius 1 is 1.29 bits per heavy atom. The molecule has 2 aliphatic rings. The lowest BCUT2D eigenvalue weighted by molar-refractivity contribution is 0.200. The minimum Gasteiger partial charge on any atom is -0.309 e. The predicted octanol–water partition coefficient (Wildman–Crippen LogP) is 1.99. The van der Waals surface area contributed by atoms with Crippen LogP contribution in [0.15, 0.2) is 10.3 Å². The third kappa shape index (κ3) is 4.04. The summed E-state index contributed by atoms with van der Waals surface area (Å²) in [6.07, 6.45) is 5.79. The van der Waals surface area contributed by atoms with Gasteiger partial charge in [-0.05, 0) is 44.2 Å². The first-order valence-electron chi connectivity index (χ1n) is 7.65. The van der Waals surface area contributed by atoms with E-state index in [1.54, 1.807) is 6.07 Å². The molecule has 7 heteroatoms. The van der Waals surface area contributed by atoms with Crippen LogP contribution in [0.2, 0.25) is 0 Å². The normalized spacial score (nSPS) is 20.8. The van der Waals surface area contributed by atoms with Crippen molar-refractivity contribution in [3.05, 3.63) is 16.5 Å². The summed E-state index contributed by atoms with van der Waals surface area (Å²) in [5.74, 6) is 0. The number of sulfonamides is 1. The highest BCUT2D eigenvalue weighted by Gasteiger charge is 2.24. The van der Waals surface area contributed by atoms with Gasteiger partial charge in [0.15, 0.2) is 0 Å². The summed E-state index contributed by atoms with van der Waals surface area (Å²) in [5.41, 5.74) is 1.06. The first-order valence-corrected chi connectivity index (χ1v) is 9.95. The SMILES string of the molecule is Cc1cc(S(=O)(=O)NN2CCCCC2)sc1CNC1CC1. The van der Waals surface area contributed by atoms with Crippen LogP contribution in [0.4, 0.5) is 0 Å². The molecule has 0 atom stereocenters. The first kappa shape index (κ1) is 15.4. The van der Waals surface area contributed by atoms with Crippen molar-refractivity contribution < 1.29 is 8.42 Å². The van der Waals surface area contributed by atoms with E-state index >= 15 is 0 Å². The molecular weight excluding hydrogens is 306 g/mol. The van der Waals surface area contributed by atoms with Gasteiger partial charge in [0.1, 0.15) is 4.21 Å². The van der Waals surface area contributed by atoms with Gasteiger partial charge in [0.05, 0.1) is 0 Å². The van der Waals surface area contributed by atoms with Crippen LogP contribution in [0.1, 0.15) is 42.5 Å². The molecule has 1 aromatic rings. The molecule has 3 rings (SSSR count). The lowest BCUT2D eigenvalue weighted by Crippen LogP contribution is -2.44. The van der Waals surface area contributed by atoms with Crippen LogP contribution in [0.3, 0.4) is 0 Å². The van der Waals surface area contributed by atoms with Gasteiger partial charge in [-0.15, -0.1) is 16.2 Å². The molecule has 0 unspecified atom stereocenters. The van der Waals surface area contributed by atoms with Gasteiger partial charge in [-0.1, -0.05) is 6.42 Å². The minimum atomic E-state index is -3.42. The van der Waals surface area contributed by atoms with Crippen molar-refractivity contribution in [2.45, 2.75) is 55.8 Å². The molecule has 1 saturated carbocycles. The summed E-state index contributed by atoms with van der Waals surface area (Å²) in [6.45, 7) is 4.38. The number of hydrazine groups is 1. The van der Waals surface area contributed by atoms with Crippen LogP contribution >= 0.6 is 11.3 Å². The third-order valence-electron chi connectivity index (χ3n) is 4.00. The molecule has 1 aliphatic carbocycles. The Morgan fingerprint density at radius 2 is 2.00 bits per heavy atom. The Morgan fingerprint density at radius 3 is 2.67 bits per heavy atom. The molecule has 2 heterocycles. The molecule has 0 amide bonds. The summed E-state index contributed by atoms with van der Waals surface area (Å²) in [7, 11) is -3.42. The zero-order chi connectivity index (χ0) is 14.9. The smallest absolute Gasteiger partial charge is 0.262 e. The lowest BCUT2D eigenvalue weighted by atomic mass is 10.2. The van der Waals surface area contributed by atoms with E-state index in [1.165, 1.54) is 30.6 Å². The van der Waals surface area contributed by atoms with Crippen molar-refractivity contribution in [1.29, 1.82) is 0 Å². The zero-order valence-electron chi connectivity index (χ0n) is 12.4. The second kappa shape index (κ2) is 6.34. The molecule has 0 aromatic carbocycles. The molecular formula is C14H23N3O2S2. The van der Waals surface area contributed by atoms with Crippen LogP contribution in [0.25, 0.3) is 0 Å². The summed E-state index contributed by atoms with van der Waals surface area (Å²) < 4.78 is 25.3. The minimum absolute atomic E-state index is 0.429. The van der Waals surface area contributed by atoms with Crippen molar-refractivity contribution in [2.24, 2.45) is 0 Å². The van der Waals surface area contributed by atoms with Gasteiger partial charge in [-0.25, -0.2) is 13.4 Å². The molecule has 1 aliphatic heterocycles. The van der Waals surface area contributed by atoms with Crippen molar-refractivity contribution in [2.75, 3.05) is 13.1 Å². The molecule has 2 fully saturated rings. The van der Waals surface area contributed by atoms with E-state index in [0.29, 0.717) is 10.3 Å². The Bertz CT molecular complexity index is 587. The summed E-state index contributed by atoms with van der Waals surface area (Å²) in [4.78, 5) is 3.85. The average Bonchev–Trinajstić information content (AvgIpc) is 3.20. The molecule has 1 saturated heterocycles. The molecule has 0 radical (unpaired) electrons. The number of hydrogen-bond acceptors (Lipinski definition) is 5. The van der Waals surface area contributed by atoms with Gasteiger partial charge in [0.25, 0.3) is 10.0 Å². The summed E-state index contributed by atoms with van der Waals surface area (Å²) in [5, 5.41) is 5.27. The van der Waals surface area contributed by atoms with Crippen molar-refractivity contribution in [3.8, 4) is 0 Å². The highest BCUT2D eigenvalue weighted by Crippen LogP contribution is 2.27. The van der Waals surface area contributed by atoms with E-state index in [4.69, 9.17) is 0 Å². The van der Waals surface area contributed by atoms with E-state index in [2.05, 4.69) is 10.1 Å². The van der Waals surface area contributed by atoms with Gasteiger partial charge >= 0.3 is 0 Å². The van der Waals surface area contributed by atoms with Gasteiger partial charge in [-0.2, -0.15) is 0 Å². The van der Waals surface area contributed by atoms with Crippen LogP contribution in [-0.4, -0.2) is 32.6 Å². The fourth-order valence-electron chi connectivity index (χ4n) is 2.52. The first-order chi connectivity index (χ1) is 10.0. The van der Waals surface area contributed by atoms with Gasteiger partial charge in [-0.3, -0.25) is 0 Å². The largest absolute Gasteiger partial charge is 0.309 e. The van der Waals surface area contributed by atoms with Crippen molar-refractivity contribution in [3.63, 3.8) is 0 Å². The van der Waals surface area contributed by atoms with E-state index < -0.39 is 10.0 Å². The maximum absolute atomic E-state index is 12.5. The zero-order valence-corrected chi connectivity index (χ0v) is 14.0. The van der Waals surface area contributed by atoms with Gasteiger partial charge in [0.2, 0.25) is 0 Å². The predicted molar refractivity (Wildman–Crippen MR) is 84.7 cm³/mol. The number of hydrogen-bond donors (Lipinski definition) is 2. The van der Waals surface area contributed by atoms with Crippen molar-refractivity contribution in [1.82, 2.24) is 15.2 Å². The van der Waals surface area contributed by atoms with Gasteiger partial charge in [0, 0.05) is 30.6 Å². The number of nitrogens with one attached hydrogen (secondary N) is 2. The highest BCUT2D eigenvalue weighted by molar-refractivity contribution is 7.91. The average molecular weight is 329 g/mol. The standard InChI is InChI=1S/C14H23N3O2S2/c1-11-9-14(20-13(11)10-15-12-5-6-12)21(18,19)16-17-7-3-2-4-8-17/h9,12,15-16H,2-8,10H2,1H3. The summed E-state index contributed by atoms with van der Waals surface area (Å²) in [6, 6.07) is 2.43. The Balaban J connectivity index is 1.67. The quantitative estimate of drug-likeness (QED) is 0.838. The Kier molecular flexibility index (Phi) is 4.66. The Hall–Kier alpha value is -0.470. The van der Waals surface area contributed by atoms with E-state index in [-0.39, 0.29) is 0 Å². The fourth-order valence-corrected chi connectivity index (χ4v) is 5.17.